The van der Waals surface area contributed by atoms with E-state index in [2.05, 4.69) is 6.58 Å². The van der Waals surface area contributed by atoms with Crippen LogP contribution in [-0.4, -0.2) is 5.11 Å². The third-order valence-electron chi connectivity index (χ3n) is 3.14. The van der Waals surface area contributed by atoms with E-state index in [4.69, 9.17) is 0 Å². The zero-order valence-electron chi connectivity index (χ0n) is 10.6. The van der Waals surface area contributed by atoms with Crippen molar-refractivity contribution in [3.63, 3.8) is 0 Å². The van der Waals surface area contributed by atoms with Gasteiger partial charge in [0.25, 0.3) is 0 Å². The van der Waals surface area contributed by atoms with Crippen LogP contribution in [0.2, 0.25) is 0 Å². The highest BCUT2D eigenvalue weighted by atomic mass is 19.4. The van der Waals surface area contributed by atoms with Gasteiger partial charge in [-0.3, -0.25) is 0 Å². The molecular formula is C16H13F3O. The summed E-state index contributed by atoms with van der Waals surface area (Å²) in [4.78, 5) is 0. The van der Waals surface area contributed by atoms with Gasteiger partial charge in [0.2, 0.25) is 0 Å². The highest BCUT2D eigenvalue weighted by Gasteiger charge is 2.34. The Morgan fingerprint density at radius 1 is 0.850 bits per heavy atom. The standard InChI is InChI=1S/C16H13F3O/c1-2-15(20,12-7-4-3-5-8-12)13-9-6-10-14(11-13)16(17,18)19/h2-11,20H,1H2. The van der Waals surface area contributed by atoms with E-state index in [9.17, 15) is 18.3 Å². The van der Waals surface area contributed by atoms with Gasteiger partial charge in [0.05, 0.1) is 5.56 Å². The summed E-state index contributed by atoms with van der Waals surface area (Å²) in [5, 5.41) is 10.7. The smallest absolute Gasteiger partial charge is 0.377 e. The first-order valence-electron chi connectivity index (χ1n) is 5.97. The van der Waals surface area contributed by atoms with Crippen molar-refractivity contribution in [2.45, 2.75) is 11.8 Å². The zero-order valence-corrected chi connectivity index (χ0v) is 10.6. The number of benzene rings is 2. The monoisotopic (exact) mass is 278 g/mol. The van der Waals surface area contributed by atoms with Crippen molar-refractivity contribution < 1.29 is 18.3 Å². The van der Waals surface area contributed by atoms with Crippen LogP contribution in [0.3, 0.4) is 0 Å². The number of alkyl halides is 3. The van der Waals surface area contributed by atoms with Crippen molar-refractivity contribution in [1.82, 2.24) is 0 Å². The summed E-state index contributed by atoms with van der Waals surface area (Å²) in [6.07, 6.45) is -3.22. The van der Waals surface area contributed by atoms with Gasteiger partial charge in [-0.15, -0.1) is 0 Å². The van der Waals surface area contributed by atoms with Gasteiger partial charge in [0, 0.05) is 0 Å². The van der Waals surface area contributed by atoms with Crippen molar-refractivity contribution in [2.75, 3.05) is 0 Å². The molecule has 1 atom stereocenters. The van der Waals surface area contributed by atoms with Crippen molar-refractivity contribution in [3.8, 4) is 0 Å². The first kappa shape index (κ1) is 14.3. The van der Waals surface area contributed by atoms with Crippen LogP contribution in [0.15, 0.2) is 67.3 Å². The van der Waals surface area contributed by atoms with Crippen LogP contribution in [0.1, 0.15) is 16.7 Å². The highest BCUT2D eigenvalue weighted by Crippen LogP contribution is 2.35. The zero-order chi connectivity index (χ0) is 14.8. The Balaban J connectivity index is 2.56. The molecule has 0 aliphatic carbocycles. The molecule has 0 spiro atoms. The molecule has 0 saturated heterocycles. The maximum Gasteiger partial charge on any atom is 0.416 e. The van der Waals surface area contributed by atoms with Crippen molar-refractivity contribution in [2.24, 2.45) is 0 Å². The Kier molecular flexibility index (Phi) is 3.68. The van der Waals surface area contributed by atoms with E-state index >= 15 is 0 Å². The second kappa shape index (κ2) is 5.13. The van der Waals surface area contributed by atoms with Crippen molar-refractivity contribution >= 4 is 0 Å². The molecular weight excluding hydrogens is 265 g/mol. The van der Waals surface area contributed by atoms with Crippen LogP contribution < -0.4 is 0 Å². The van der Waals surface area contributed by atoms with Crippen molar-refractivity contribution in [1.29, 1.82) is 0 Å². The van der Waals surface area contributed by atoms with Gasteiger partial charge in [-0.2, -0.15) is 13.2 Å². The van der Waals surface area contributed by atoms with Gasteiger partial charge in [0.1, 0.15) is 5.60 Å². The summed E-state index contributed by atoms with van der Waals surface area (Å²) in [6.45, 7) is 3.55. The summed E-state index contributed by atoms with van der Waals surface area (Å²) < 4.78 is 38.3. The van der Waals surface area contributed by atoms with E-state index < -0.39 is 17.3 Å². The molecule has 0 heterocycles. The van der Waals surface area contributed by atoms with E-state index in [1.54, 1.807) is 30.3 Å². The molecule has 2 rings (SSSR count). The van der Waals surface area contributed by atoms with E-state index in [0.717, 1.165) is 12.1 Å². The number of hydrogen-bond donors (Lipinski definition) is 1. The number of hydrogen-bond acceptors (Lipinski definition) is 1. The van der Waals surface area contributed by atoms with Crippen LogP contribution in [0.4, 0.5) is 13.2 Å². The SMILES string of the molecule is C=CC(O)(c1ccccc1)c1cccc(C(F)(F)F)c1. The lowest BCUT2D eigenvalue weighted by atomic mass is 9.86. The number of rotatable bonds is 3. The lowest BCUT2D eigenvalue weighted by Crippen LogP contribution is -2.24. The molecule has 0 bridgehead atoms. The summed E-state index contributed by atoms with van der Waals surface area (Å²) in [6, 6.07) is 13.1. The largest absolute Gasteiger partial charge is 0.416 e. The molecule has 0 fully saturated rings. The summed E-state index contributed by atoms with van der Waals surface area (Å²) in [5.41, 5.74) is -1.85. The predicted molar refractivity (Wildman–Crippen MR) is 71.1 cm³/mol. The predicted octanol–water partition coefficient (Wildman–Crippen LogP) is 4.13. The molecule has 0 aromatic heterocycles. The quantitative estimate of drug-likeness (QED) is 0.837. The van der Waals surface area contributed by atoms with Gasteiger partial charge in [-0.05, 0) is 23.3 Å². The van der Waals surface area contributed by atoms with Crippen molar-refractivity contribution in [3.05, 3.63) is 83.9 Å². The molecule has 1 N–H and O–H groups in total. The Bertz CT molecular complexity index is 605. The first-order chi connectivity index (χ1) is 9.38. The molecule has 0 radical (unpaired) electrons. The molecule has 1 nitrogen and oxygen atoms in total. The highest BCUT2D eigenvalue weighted by molar-refractivity contribution is 5.42. The molecule has 0 aliphatic rings. The van der Waals surface area contributed by atoms with E-state index in [-0.39, 0.29) is 5.56 Å². The van der Waals surface area contributed by atoms with Crippen LogP contribution in [-0.2, 0) is 11.8 Å². The first-order valence-corrected chi connectivity index (χ1v) is 5.97. The Labute approximate surface area is 115 Å². The molecule has 2 aromatic rings. The average Bonchev–Trinajstić information content (AvgIpc) is 2.46. The lowest BCUT2D eigenvalue weighted by molar-refractivity contribution is -0.137. The normalized spacial score (nSPS) is 14.6. The topological polar surface area (TPSA) is 20.2 Å². The molecule has 4 heteroatoms. The maximum atomic E-state index is 12.8. The lowest BCUT2D eigenvalue weighted by Gasteiger charge is -2.26. The summed E-state index contributed by atoms with van der Waals surface area (Å²) in [7, 11) is 0. The van der Waals surface area contributed by atoms with E-state index in [1.165, 1.54) is 18.2 Å². The minimum absolute atomic E-state index is 0.133. The second-order valence-corrected chi connectivity index (χ2v) is 4.42. The van der Waals surface area contributed by atoms with Gasteiger partial charge in [-0.25, -0.2) is 0 Å². The molecule has 2 aromatic carbocycles. The van der Waals surface area contributed by atoms with Crippen LogP contribution in [0.5, 0.6) is 0 Å². The molecule has 20 heavy (non-hydrogen) atoms. The Hall–Kier alpha value is -2.07. The molecule has 0 saturated carbocycles. The second-order valence-electron chi connectivity index (χ2n) is 4.42. The average molecular weight is 278 g/mol. The fourth-order valence-electron chi connectivity index (χ4n) is 2.03. The Morgan fingerprint density at radius 2 is 1.40 bits per heavy atom. The Morgan fingerprint density at radius 3 is 1.95 bits per heavy atom. The molecule has 0 aliphatic heterocycles. The van der Waals surface area contributed by atoms with Gasteiger partial charge in [-0.1, -0.05) is 55.1 Å². The van der Waals surface area contributed by atoms with Crippen LogP contribution in [0.25, 0.3) is 0 Å². The van der Waals surface area contributed by atoms with Gasteiger partial charge >= 0.3 is 6.18 Å². The van der Waals surface area contributed by atoms with Gasteiger partial charge in [0.15, 0.2) is 0 Å². The van der Waals surface area contributed by atoms with Gasteiger partial charge < -0.3 is 5.11 Å². The van der Waals surface area contributed by atoms with E-state index in [0.29, 0.717) is 5.56 Å². The number of aliphatic hydroxyl groups is 1. The number of halogens is 3. The minimum Gasteiger partial charge on any atom is -0.377 e. The van der Waals surface area contributed by atoms with Crippen LogP contribution in [0, 0.1) is 0 Å². The molecule has 104 valence electrons. The summed E-state index contributed by atoms with van der Waals surface area (Å²) >= 11 is 0. The van der Waals surface area contributed by atoms with Crippen LogP contribution >= 0.6 is 0 Å². The van der Waals surface area contributed by atoms with E-state index in [1.807, 2.05) is 0 Å². The third-order valence-corrected chi connectivity index (χ3v) is 3.14. The fraction of sp³-hybridized carbons (Fsp3) is 0.125. The maximum absolute atomic E-state index is 12.8. The summed E-state index contributed by atoms with van der Waals surface area (Å²) in [5.74, 6) is 0. The minimum atomic E-state index is -4.45. The molecule has 1 unspecified atom stereocenters. The fourth-order valence-corrected chi connectivity index (χ4v) is 2.03. The third kappa shape index (κ3) is 2.60. The molecule has 0 amide bonds.